The normalized spacial score (nSPS) is 14.4. The maximum atomic E-state index is 12.7. The smallest absolute Gasteiger partial charge is 0.286 e. The molecule has 0 bridgehead atoms. The molecule has 1 N–H and O–H groups in total. The van der Waals surface area contributed by atoms with E-state index in [1.165, 1.54) is 11.3 Å². The van der Waals surface area contributed by atoms with E-state index < -0.39 is 0 Å². The van der Waals surface area contributed by atoms with Crippen molar-refractivity contribution in [2.75, 3.05) is 25.5 Å². The Hall–Kier alpha value is -3.26. The van der Waals surface area contributed by atoms with E-state index in [0.29, 0.717) is 23.7 Å². The highest BCUT2D eigenvalue weighted by atomic mass is 32.1. The molecule has 2 aromatic carbocycles. The Morgan fingerprint density at radius 1 is 1.03 bits per heavy atom. The summed E-state index contributed by atoms with van der Waals surface area (Å²) in [6, 6.07) is 16.4. The number of amides is 2. The van der Waals surface area contributed by atoms with Gasteiger partial charge in [0, 0.05) is 30.3 Å². The number of nitrogens with zero attached hydrogens (tertiary/aromatic N) is 3. The molecule has 0 spiro atoms. The SMILES string of the molecule is COc1ccc(C(=O)N2CCC(c3nnc(C(=O)Nc4ccccc4)s3)CC2)cc1. The van der Waals surface area contributed by atoms with Crippen LogP contribution in [0.15, 0.2) is 54.6 Å². The summed E-state index contributed by atoms with van der Waals surface area (Å²) in [5.41, 5.74) is 1.38. The number of carbonyl (C=O) groups excluding carboxylic acids is 2. The fraction of sp³-hybridized carbons (Fsp3) is 0.273. The van der Waals surface area contributed by atoms with Crippen molar-refractivity contribution in [3.8, 4) is 5.75 Å². The molecular weight excluding hydrogens is 400 g/mol. The molecule has 30 heavy (non-hydrogen) atoms. The summed E-state index contributed by atoms with van der Waals surface area (Å²) in [6.45, 7) is 1.31. The lowest BCUT2D eigenvalue weighted by Crippen LogP contribution is -2.37. The van der Waals surface area contributed by atoms with Crippen molar-refractivity contribution in [3.05, 3.63) is 70.2 Å². The molecule has 2 heterocycles. The number of para-hydroxylation sites is 1. The van der Waals surface area contributed by atoms with Crippen molar-refractivity contribution in [2.24, 2.45) is 0 Å². The van der Waals surface area contributed by atoms with Crippen LogP contribution in [0, 0.1) is 0 Å². The van der Waals surface area contributed by atoms with E-state index >= 15 is 0 Å². The first-order valence-electron chi connectivity index (χ1n) is 9.77. The van der Waals surface area contributed by atoms with Crippen molar-refractivity contribution >= 4 is 28.8 Å². The Labute approximate surface area is 178 Å². The van der Waals surface area contributed by atoms with Gasteiger partial charge in [-0.05, 0) is 49.2 Å². The van der Waals surface area contributed by atoms with Gasteiger partial charge in [-0.2, -0.15) is 0 Å². The second-order valence-electron chi connectivity index (χ2n) is 7.06. The minimum absolute atomic E-state index is 0.0243. The number of piperidine rings is 1. The van der Waals surface area contributed by atoms with Crippen LogP contribution in [0.3, 0.4) is 0 Å². The molecule has 3 aromatic rings. The predicted octanol–water partition coefficient (Wildman–Crippen LogP) is 3.82. The molecule has 1 saturated heterocycles. The molecule has 0 aliphatic carbocycles. The molecule has 0 radical (unpaired) electrons. The Balaban J connectivity index is 1.34. The summed E-state index contributed by atoms with van der Waals surface area (Å²) in [7, 11) is 1.60. The second-order valence-corrected chi connectivity index (χ2v) is 8.07. The van der Waals surface area contributed by atoms with Gasteiger partial charge in [0.1, 0.15) is 10.8 Å². The highest BCUT2D eigenvalue weighted by Crippen LogP contribution is 2.31. The van der Waals surface area contributed by atoms with Crippen molar-refractivity contribution in [3.63, 3.8) is 0 Å². The minimum atomic E-state index is -0.253. The third-order valence-electron chi connectivity index (χ3n) is 5.13. The number of ether oxygens (including phenoxy) is 1. The molecular formula is C22H22N4O3S. The Morgan fingerprint density at radius 3 is 2.40 bits per heavy atom. The van der Waals surface area contributed by atoms with E-state index in [4.69, 9.17) is 4.74 Å². The number of carbonyl (C=O) groups is 2. The van der Waals surface area contributed by atoms with Crippen molar-refractivity contribution in [1.82, 2.24) is 15.1 Å². The molecule has 154 valence electrons. The summed E-state index contributed by atoms with van der Waals surface area (Å²) < 4.78 is 5.14. The van der Waals surface area contributed by atoms with Crippen LogP contribution in [-0.4, -0.2) is 47.1 Å². The van der Waals surface area contributed by atoms with Crippen LogP contribution in [0.1, 0.15) is 43.9 Å². The first-order valence-corrected chi connectivity index (χ1v) is 10.6. The maximum Gasteiger partial charge on any atom is 0.286 e. The zero-order valence-corrected chi connectivity index (χ0v) is 17.4. The standard InChI is InChI=1S/C22H22N4O3S/c1-29-18-9-7-16(8-10-18)22(28)26-13-11-15(12-14-26)20-24-25-21(30-20)19(27)23-17-5-3-2-4-6-17/h2-10,15H,11-14H2,1H3,(H,23,27). The third-order valence-corrected chi connectivity index (χ3v) is 6.22. The minimum Gasteiger partial charge on any atom is -0.497 e. The quantitative estimate of drug-likeness (QED) is 0.676. The van der Waals surface area contributed by atoms with E-state index in [-0.39, 0.29) is 17.7 Å². The van der Waals surface area contributed by atoms with Gasteiger partial charge in [-0.3, -0.25) is 9.59 Å². The fourth-order valence-corrected chi connectivity index (χ4v) is 4.35. The average Bonchev–Trinajstić information content (AvgIpc) is 3.30. The van der Waals surface area contributed by atoms with Gasteiger partial charge in [0.05, 0.1) is 7.11 Å². The molecule has 2 amide bonds. The number of benzene rings is 2. The number of aromatic nitrogens is 2. The first kappa shape index (κ1) is 20.0. The summed E-state index contributed by atoms with van der Waals surface area (Å²) >= 11 is 1.33. The summed E-state index contributed by atoms with van der Waals surface area (Å²) in [6.07, 6.45) is 1.60. The highest BCUT2D eigenvalue weighted by Gasteiger charge is 2.27. The lowest BCUT2D eigenvalue weighted by molar-refractivity contribution is 0.0712. The van der Waals surface area contributed by atoms with E-state index in [0.717, 1.165) is 29.3 Å². The van der Waals surface area contributed by atoms with Crippen LogP contribution in [-0.2, 0) is 0 Å². The highest BCUT2D eigenvalue weighted by molar-refractivity contribution is 7.13. The van der Waals surface area contributed by atoms with Gasteiger partial charge < -0.3 is 15.0 Å². The third kappa shape index (κ3) is 4.49. The predicted molar refractivity (Wildman–Crippen MR) is 115 cm³/mol. The largest absolute Gasteiger partial charge is 0.497 e. The topological polar surface area (TPSA) is 84.4 Å². The summed E-state index contributed by atoms with van der Waals surface area (Å²) in [5, 5.41) is 12.3. The van der Waals surface area contributed by atoms with E-state index in [1.807, 2.05) is 35.2 Å². The monoisotopic (exact) mass is 422 g/mol. The van der Waals surface area contributed by atoms with Crippen molar-refractivity contribution < 1.29 is 14.3 Å². The second kappa shape index (κ2) is 9.04. The zero-order chi connectivity index (χ0) is 20.9. The average molecular weight is 423 g/mol. The van der Waals surface area contributed by atoms with Crippen LogP contribution in [0.4, 0.5) is 5.69 Å². The number of hydrogen-bond acceptors (Lipinski definition) is 6. The van der Waals surface area contributed by atoms with Gasteiger partial charge in [0.15, 0.2) is 0 Å². The van der Waals surface area contributed by atoms with Gasteiger partial charge >= 0.3 is 0 Å². The van der Waals surface area contributed by atoms with Crippen molar-refractivity contribution in [1.29, 1.82) is 0 Å². The molecule has 7 nitrogen and oxygen atoms in total. The van der Waals surface area contributed by atoms with E-state index in [2.05, 4.69) is 15.5 Å². The number of hydrogen-bond donors (Lipinski definition) is 1. The van der Waals surface area contributed by atoms with Crippen LogP contribution in [0.5, 0.6) is 5.75 Å². The lowest BCUT2D eigenvalue weighted by atomic mass is 9.97. The Bertz CT molecular complexity index is 1010. The Morgan fingerprint density at radius 2 is 1.73 bits per heavy atom. The van der Waals surface area contributed by atoms with Gasteiger partial charge in [0.2, 0.25) is 5.01 Å². The molecule has 1 fully saturated rings. The molecule has 1 aliphatic rings. The molecule has 0 atom stereocenters. The summed E-state index contributed by atoms with van der Waals surface area (Å²) in [4.78, 5) is 27.0. The van der Waals surface area contributed by atoms with Gasteiger partial charge in [-0.1, -0.05) is 29.5 Å². The van der Waals surface area contributed by atoms with E-state index in [9.17, 15) is 9.59 Å². The van der Waals surface area contributed by atoms with Crippen molar-refractivity contribution in [2.45, 2.75) is 18.8 Å². The number of nitrogens with one attached hydrogen (secondary N) is 1. The Kier molecular flexibility index (Phi) is 6.04. The van der Waals surface area contributed by atoms with Crippen LogP contribution in [0.25, 0.3) is 0 Å². The molecule has 4 rings (SSSR count). The number of rotatable bonds is 5. The number of methoxy groups -OCH3 is 1. The number of likely N-dealkylation sites (tertiary alicyclic amines) is 1. The molecule has 1 aromatic heterocycles. The molecule has 0 unspecified atom stereocenters. The van der Waals surface area contributed by atoms with Gasteiger partial charge in [-0.25, -0.2) is 0 Å². The maximum absolute atomic E-state index is 12.7. The fourth-order valence-electron chi connectivity index (χ4n) is 3.44. The van der Waals surface area contributed by atoms with Gasteiger partial charge in [-0.15, -0.1) is 10.2 Å². The lowest BCUT2D eigenvalue weighted by Gasteiger charge is -2.31. The van der Waals surface area contributed by atoms with Crippen LogP contribution >= 0.6 is 11.3 Å². The van der Waals surface area contributed by atoms with Crippen LogP contribution < -0.4 is 10.1 Å². The molecule has 1 aliphatic heterocycles. The van der Waals surface area contributed by atoms with Gasteiger partial charge in [0.25, 0.3) is 11.8 Å². The van der Waals surface area contributed by atoms with Crippen LogP contribution in [0.2, 0.25) is 0 Å². The molecule has 8 heteroatoms. The van der Waals surface area contributed by atoms with E-state index in [1.54, 1.807) is 31.4 Å². The zero-order valence-electron chi connectivity index (χ0n) is 16.6. The molecule has 0 saturated carbocycles. The first-order chi connectivity index (χ1) is 14.6. The number of anilines is 1. The summed E-state index contributed by atoms with van der Waals surface area (Å²) in [5.74, 6) is 0.711.